The van der Waals surface area contributed by atoms with Gasteiger partial charge >= 0.3 is 0 Å². The molecule has 0 atom stereocenters. The van der Waals surface area contributed by atoms with Crippen LogP contribution >= 0.6 is 11.3 Å². The zero-order chi connectivity index (χ0) is 19.8. The first-order valence-corrected chi connectivity index (χ1v) is 10.8. The number of anilines is 1. The summed E-state index contributed by atoms with van der Waals surface area (Å²) < 4.78 is 14.5. The van der Waals surface area contributed by atoms with Crippen LogP contribution in [0.4, 0.5) is 10.1 Å². The Kier molecular flexibility index (Phi) is 4.81. The van der Waals surface area contributed by atoms with Crippen LogP contribution in [0.15, 0.2) is 54.0 Å². The highest BCUT2D eigenvalue weighted by molar-refractivity contribution is 7.17. The molecule has 4 nitrogen and oxygen atoms in total. The van der Waals surface area contributed by atoms with Crippen molar-refractivity contribution in [3.8, 4) is 0 Å². The SMILES string of the molecule is O=C(CCN1CCN(c2cccc3[nH]ccc23)CC1)c1csc2ccc(F)cc12. The molecule has 1 N–H and O–H groups in total. The summed E-state index contributed by atoms with van der Waals surface area (Å²) in [6, 6.07) is 13.2. The van der Waals surface area contributed by atoms with Crippen LogP contribution in [0.5, 0.6) is 0 Å². The summed E-state index contributed by atoms with van der Waals surface area (Å²) in [7, 11) is 0. The number of carbonyl (C=O) groups is 1. The highest BCUT2D eigenvalue weighted by Crippen LogP contribution is 2.29. The van der Waals surface area contributed by atoms with Crippen LogP contribution in [-0.2, 0) is 0 Å². The molecule has 1 saturated heterocycles. The van der Waals surface area contributed by atoms with Crippen molar-refractivity contribution in [3.63, 3.8) is 0 Å². The number of aromatic nitrogens is 1. The molecule has 148 valence electrons. The number of ketones is 1. The van der Waals surface area contributed by atoms with Crippen molar-refractivity contribution in [3.05, 3.63) is 65.4 Å². The van der Waals surface area contributed by atoms with Gasteiger partial charge in [-0.25, -0.2) is 4.39 Å². The molecular weight excluding hydrogens is 385 g/mol. The Bertz CT molecular complexity index is 1170. The van der Waals surface area contributed by atoms with E-state index in [1.165, 1.54) is 34.5 Å². The average molecular weight is 408 g/mol. The Morgan fingerprint density at radius 3 is 2.79 bits per heavy atom. The number of nitrogens with zero attached hydrogens (tertiary/aromatic N) is 2. The van der Waals surface area contributed by atoms with E-state index in [-0.39, 0.29) is 11.6 Å². The van der Waals surface area contributed by atoms with Gasteiger partial charge in [0.2, 0.25) is 0 Å². The largest absolute Gasteiger partial charge is 0.368 e. The first kappa shape index (κ1) is 18.3. The fourth-order valence-electron chi connectivity index (χ4n) is 4.17. The molecule has 0 spiro atoms. The molecule has 6 heteroatoms. The maximum Gasteiger partial charge on any atom is 0.165 e. The summed E-state index contributed by atoms with van der Waals surface area (Å²) in [5.41, 5.74) is 3.09. The summed E-state index contributed by atoms with van der Waals surface area (Å²) in [4.78, 5) is 20.8. The summed E-state index contributed by atoms with van der Waals surface area (Å²) >= 11 is 1.50. The van der Waals surface area contributed by atoms with Gasteiger partial charge in [-0.3, -0.25) is 9.69 Å². The van der Waals surface area contributed by atoms with Crippen molar-refractivity contribution >= 4 is 43.8 Å². The van der Waals surface area contributed by atoms with Gasteiger partial charge < -0.3 is 9.88 Å². The summed E-state index contributed by atoms with van der Waals surface area (Å²) in [6.07, 6.45) is 2.45. The molecule has 1 fully saturated rings. The number of nitrogens with one attached hydrogen (secondary N) is 1. The lowest BCUT2D eigenvalue weighted by molar-refractivity contribution is 0.0964. The minimum atomic E-state index is -0.293. The van der Waals surface area contributed by atoms with E-state index < -0.39 is 0 Å². The number of aromatic amines is 1. The van der Waals surface area contributed by atoms with E-state index in [1.807, 2.05) is 11.6 Å². The van der Waals surface area contributed by atoms with Crippen LogP contribution in [0.2, 0.25) is 0 Å². The van der Waals surface area contributed by atoms with Gasteiger partial charge in [-0.05, 0) is 36.4 Å². The van der Waals surface area contributed by atoms with Gasteiger partial charge in [0.1, 0.15) is 5.82 Å². The van der Waals surface area contributed by atoms with Crippen LogP contribution in [-0.4, -0.2) is 48.4 Å². The second-order valence-electron chi connectivity index (χ2n) is 7.51. The highest BCUT2D eigenvalue weighted by atomic mass is 32.1. The minimum Gasteiger partial charge on any atom is -0.368 e. The zero-order valence-electron chi connectivity index (χ0n) is 16.0. The van der Waals surface area contributed by atoms with Gasteiger partial charge in [-0.15, -0.1) is 11.3 Å². The standard InChI is InChI=1S/C23H22FN3OS/c24-16-4-5-23-18(14-16)19(15-29-23)22(28)7-9-26-10-12-27(13-11-26)21-3-1-2-20-17(21)6-8-25-20/h1-6,8,14-15,25H,7,9-13H2. The number of benzene rings is 2. The van der Waals surface area contributed by atoms with E-state index in [9.17, 15) is 9.18 Å². The number of fused-ring (bicyclic) bond motifs is 2. The molecule has 0 bridgehead atoms. The average Bonchev–Trinajstić information content (AvgIpc) is 3.39. The zero-order valence-corrected chi connectivity index (χ0v) is 16.8. The Labute approximate surface area is 172 Å². The predicted octanol–water partition coefficient (Wildman–Crippen LogP) is 4.92. The monoisotopic (exact) mass is 407 g/mol. The van der Waals surface area contributed by atoms with Gasteiger partial charge in [0, 0.05) is 83.0 Å². The maximum absolute atomic E-state index is 13.6. The summed E-state index contributed by atoms with van der Waals surface area (Å²) in [5, 5.41) is 3.86. The quantitative estimate of drug-likeness (QED) is 0.478. The van der Waals surface area contributed by atoms with Gasteiger partial charge in [0.25, 0.3) is 0 Å². The molecule has 2 aromatic carbocycles. The predicted molar refractivity (Wildman–Crippen MR) is 118 cm³/mol. The topological polar surface area (TPSA) is 39.3 Å². The second-order valence-corrected chi connectivity index (χ2v) is 8.42. The van der Waals surface area contributed by atoms with Crippen molar-refractivity contribution in [1.29, 1.82) is 0 Å². The van der Waals surface area contributed by atoms with E-state index in [1.54, 1.807) is 6.07 Å². The normalized spacial score (nSPS) is 15.4. The minimum absolute atomic E-state index is 0.0985. The molecule has 2 aromatic heterocycles. The Hall–Kier alpha value is -2.70. The van der Waals surface area contributed by atoms with Crippen molar-refractivity contribution in [1.82, 2.24) is 9.88 Å². The molecule has 3 heterocycles. The molecular formula is C23H22FN3OS. The van der Waals surface area contributed by atoms with Crippen molar-refractivity contribution < 1.29 is 9.18 Å². The molecule has 0 amide bonds. The number of H-pyrrole nitrogens is 1. The van der Waals surface area contributed by atoms with E-state index in [4.69, 9.17) is 0 Å². The van der Waals surface area contributed by atoms with Crippen LogP contribution in [0.1, 0.15) is 16.8 Å². The van der Waals surface area contributed by atoms with Crippen molar-refractivity contribution in [2.24, 2.45) is 0 Å². The second kappa shape index (κ2) is 7.61. The number of rotatable bonds is 5. The fraction of sp³-hybridized carbons (Fsp3) is 0.261. The molecule has 0 aliphatic carbocycles. The number of halogens is 1. The highest BCUT2D eigenvalue weighted by Gasteiger charge is 2.20. The third kappa shape index (κ3) is 3.54. The number of piperazine rings is 1. The summed E-state index contributed by atoms with van der Waals surface area (Å²) in [5.74, 6) is -0.195. The molecule has 0 radical (unpaired) electrons. The lowest BCUT2D eigenvalue weighted by Gasteiger charge is -2.36. The Balaban J connectivity index is 1.20. The van der Waals surface area contributed by atoms with E-state index in [0.29, 0.717) is 12.0 Å². The lowest BCUT2D eigenvalue weighted by Crippen LogP contribution is -2.47. The molecule has 5 rings (SSSR count). The molecule has 0 saturated carbocycles. The number of hydrogen-bond acceptors (Lipinski definition) is 4. The van der Waals surface area contributed by atoms with E-state index >= 15 is 0 Å². The smallest absolute Gasteiger partial charge is 0.165 e. The number of Topliss-reactive ketones (excluding diaryl/α,β-unsaturated/α-hetero) is 1. The Morgan fingerprint density at radius 1 is 1.07 bits per heavy atom. The van der Waals surface area contributed by atoms with Crippen LogP contribution < -0.4 is 4.90 Å². The van der Waals surface area contributed by atoms with Crippen LogP contribution in [0, 0.1) is 5.82 Å². The molecule has 1 aliphatic rings. The van der Waals surface area contributed by atoms with Gasteiger partial charge in [-0.2, -0.15) is 0 Å². The first-order chi connectivity index (χ1) is 14.2. The van der Waals surface area contributed by atoms with Gasteiger partial charge in [0.05, 0.1) is 0 Å². The first-order valence-electron chi connectivity index (χ1n) is 9.92. The van der Waals surface area contributed by atoms with Gasteiger partial charge in [0.15, 0.2) is 5.78 Å². The molecule has 0 unspecified atom stereocenters. The molecule has 1 aliphatic heterocycles. The maximum atomic E-state index is 13.6. The fourth-order valence-corrected chi connectivity index (χ4v) is 5.11. The summed E-state index contributed by atoms with van der Waals surface area (Å²) in [6.45, 7) is 4.52. The molecule has 29 heavy (non-hydrogen) atoms. The number of hydrogen-bond donors (Lipinski definition) is 1. The van der Waals surface area contributed by atoms with Crippen LogP contribution in [0.3, 0.4) is 0 Å². The van der Waals surface area contributed by atoms with Gasteiger partial charge in [-0.1, -0.05) is 6.07 Å². The third-order valence-corrected chi connectivity index (χ3v) is 6.74. The molecule has 4 aromatic rings. The van der Waals surface area contributed by atoms with E-state index in [2.05, 4.69) is 39.0 Å². The third-order valence-electron chi connectivity index (χ3n) is 5.78. The lowest BCUT2D eigenvalue weighted by atomic mass is 10.1. The van der Waals surface area contributed by atoms with E-state index in [0.717, 1.165) is 48.3 Å². The number of carbonyl (C=O) groups excluding carboxylic acids is 1. The van der Waals surface area contributed by atoms with Crippen LogP contribution in [0.25, 0.3) is 21.0 Å². The number of thiophene rings is 1. The van der Waals surface area contributed by atoms with Crippen molar-refractivity contribution in [2.75, 3.05) is 37.6 Å². The Morgan fingerprint density at radius 2 is 1.93 bits per heavy atom. The van der Waals surface area contributed by atoms with Crippen molar-refractivity contribution in [2.45, 2.75) is 6.42 Å².